The molecule has 2 N–H and O–H groups in total. The van der Waals surface area contributed by atoms with Gasteiger partial charge in [0.05, 0.1) is 12.2 Å². The normalized spacial score (nSPS) is 24.8. The van der Waals surface area contributed by atoms with Crippen LogP contribution in [0.25, 0.3) is 0 Å². The molecule has 0 spiro atoms. The van der Waals surface area contributed by atoms with Crippen LogP contribution in [0.2, 0.25) is 0 Å². The molecule has 1 unspecified atom stereocenters. The minimum atomic E-state index is -0.350. The lowest BCUT2D eigenvalue weighted by atomic mass is 9.80. The molecular weight excluding hydrogens is 367 g/mol. The van der Waals surface area contributed by atoms with E-state index in [1.807, 2.05) is 4.90 Å². The highest BCUT2D eigenvalue weighted by atomic mass is 19.1. The molecule has 2 aromatic rings. The van der Waals surface area contributed by atoms with E-state index in [1.165, 1.54) is 17.8 Å². The Morgan fingerprint density at radius 3 is 2.62 bits per heavy atom. The summed E-state index contributed by atoms with van der Waals surface area (Å²) in [5.74, 6) is 1.05. The minimum absolute atomic E-state index is 0.00442. The van der Waals surface area contributed by atoms with Gasteiger partial charge in [-0.1, -0.05) is 19.1 Å². The first-order valence-corrected chi connectivity index (χ1v) is 10.5. The second kappa shape index (κ2) is 8.11. The first-order valence-electron chi connectivity index (χ1n) is 10.5. The van der Waals surface area contributed by atoms with Crippen LogP contribution in [0.1, 0.15) is 56.7 Å². The summed E-state index contributed by atoms with van der Waals surface area (Å²) >= 11 is 0. The van der Waals surface area contributed by atoms with Crippen molar-refractivity contribution in [1.29, 1.82) is 0 Å². The number of pyridine rings is 1. The van der Waals surface area contributed by atoms with Crippen molar-refractivity contribution in [2.45, 2.75) is 51.6 Å². The first kappa shape index (κ1) is 19.8. The van der Waals surface area contributed by atoms with Gasteiger partial charge >= 0.3 is 0 Å². The number of aromatic nitrogens is 1. The average Bonchev–Trinajstić information content (AvgIpc) is 2.73. The van der Waals surface area contributed by atoms with Gasteiger partial charge < -0.3 is 15.5 Å². The van der Waals surface area contributed by atoms with Crippen molar-refractivity contribution in [2.75, 3.05) is 23.3 Å². The highest BCUT2D eigenvalue weighted by Gasteiger charge is 2.38. The molecule has 0 bridgehead atoms. The third-order valence-corrected chi connectivity index (χ3v) is 6.52. The number of piperidine rings is 1. The quantitative estimate of drug-likeness (QED) is 0.815. The van der Waals surface area contributed by atoms with Crippen LogP contribution in [0.4, 0.5) is 15.9 Å². The summed E-state index contributed by atoms with van der Waals surface area (Å²) < 4.78 is 13.3. The number of amides is 1. The Labute approximate surface area is 171 Å². The molecular formula is C23H29FN4O. The van der Waals surface area contributed by atoms with Crippen LogP contribution >= 0.6 is 0 Å². The summed E-state index contributed by atoms with van der Waals surface area (Å²) in [5, 5.41) is 6.93. The summed E-state index contributed by atoms with van der Waals surface area (Å²) in [4.78, 5) is 18.6. The number of anilines is 2. The fourth-order valence-corrected chi connectivity index (χ4v) is 4.75. The Hall–Kier alpha value is -2.47. The second-order valence-electron chi connectivity index (χ2n) is 8.31. The van der Waals surface area contributed by atoms with Gasteiger partial charge in [0.1, 0.15) is 11.6 Å². The molecule has 3 atom stereocenters. The lowest BCUT2D eigenvalue weighted by molar-refractivity contribution is -0.117. The zero-order valence-electron chi connectivity index (χ0n) is 17.3. The van der Waals surface area contributed by atoms with E-state index >= 15 is 0 Å². The third-order valence-electron chi connectivity index (χ3n) is 6.52. The maximum atomic E-state index is 13.3. The fraction of sp³-hybridized carbons (Fsp3) is 0.478. The molecule has 1 amide bonds. The van der Waals surface area contributed by atoms with Crippen molar-refractivity contribution in [3.63, 3.8) is 0 Å². The van der Waals surface area contributed by atoms with E-state index in [4.69, 9.17) is 0 Å². The van der Waals surface area contributed by atoms with Crippen molar-refractivity contribution < 1.29 is 9.18 Å². The van der Waals surface area contributed by atoms with Crippen molar-refractivity contribution in [2.24, 2.45) is 5.92 Å². The molecule has 2 aliphatic rings. The van der Waals surface area contributed by atoms with Crippen LogP contribution in [0, 0.1) is 11.7 Å². The molecule has 4 rings (SSSR count). The van der Waals surface area contributed by atoms with Crippen LogP contribution in [-0.2, 0) is 4.79 Å². The molecule has 1 aromatic heterocycles. The summed E-state index contributed by atoms with van der Waals surface area (Å²) in [6.45, 7) is 7.94. The maximum absolute atomic E-state index is 13.3. The molecule has 2 aliphatic heterocycles. The summed E-state index contributed by atoms with van der Waals surface area (Å²) in [5.41, 5.74) is 3.41. The van der Waals surface area contributed by atoms with E-state index in [-0.39, 0.29) is 29.7 Å². The minimum Gasteiger partial charge on any atom is -0.363 e. The summed E-state index contributed by atoms with van der Waals surface area (Å²) in [6, 6.07) is 9.67. The van der Waals surface area contributed by atoms with E-state index in [0.29, 0.717) is 11.7 Å². The van der Waals surface area contributed by atoms with Crippen LogP contribution in [0.5, 0.6) is 0 Å². The number of hydrogen-bond donors (Lipinski definition) is 2. The molecule has 5 nitrogen and oxygen atoms in total. The Bertz CT molecular complexity index is 879. The second-order valence-corrected chi connectivity index (χ2v) is 8.31. The number of benzene rings is 1. The zero-order chi connectivity index (χ0) is 20.5. The number of nitrogens with one attached hydrogen (secondary N) is 2. The van der Waals surface area contributed by atoms with Crippen LogP contribution in [0.15, 0.2) is 36.5 Å². The van der Waals surface area contributed by atoms with Crippen molar-refractivity contribution in [3.8, 4) is 0 Å². The number of fused-ring (bicyclic) bond motifs is 1. The lowest BCUT2D eigenvalue weighted by Gasteiger charge is -2.44. The number of carbonyl (C=O) groups is 1. The number of carbonyl (C=O) groups excluding carboxylic acids is 1. The largest absolute Gasteiger partial charge is 0.363 e. The standard InChI is InChI=1S/C23H29FN4O/c1-14-15(2)28(16(3)29)21-6-4-18(17-8-10-25-11-9-17)12-20(21)23(14)27-22-7-5-19(24)13-26-22/h4-7,12-15,17,23,25H,8-11H2,1-3H3,(H,26,27)/t14-,15-,23?/m0/s1. The molecule has 6 heteroatoms. The fourth-order valence-electron chi connectivity index (χ4n) is 4.75. The van der Waals surface area contributed by atoms with Gasteiger partial charge in [0, 0.05) is 24.6 Å². The lowest BCUT2D eigenvalue weighted by Crippen LogP contribution is -2.48. The number of nitrogens with zero attached hydrogens (tertiary/aromatic N) is 2. The Morgan fingerprint density at radius 2 is 1.97 bits per heavy atom. The SMILES string of the molecule is CC(=O)N1c2ccc(C3CCNCC3)cc2C(Nc2ccc(F)cn2)[C@@H](C)[C@@H]1C. The van der Waals surface area contributed by atoms with Gasteiger partial charge in [-0.2, -0.15) is 0 Å². The van der Waals surface area contributed by atoms with E-state index in [1.54, 1.807) is 13.0 Å². The molecule has 1 saturated heterocycles. The smallest absolute Gasteiger partial charge is 0.224 e. The van der Waals surface area contributed by atoms with Gasteiger partial charge in [-0.25, -0.2) is 9.37 Å². The van der Waals surface area contributed by atoms with Gasteiger partial charge in [0.2, 0.25) is 5.91 Å². The van der Waals surface area contributed by atoms with Gasteiger partial charge in [-0.3, -0.25) is 4.79 Å². The maximum Gasteiger partial charge on any atom is 0.224 e. The van der Waals surface area contributed by atoms with E-state index in [0.717, 1.165) is 37.2 Å². The molecule has 0 saturated carbocycles. The summed E-state index contributed by atoms with van der Waals surface area (Å²) in [6.07, 6.45) is 3.48. The van der Waals surface area contributed by atoms with Crippen LogP contribution < -0.4 is 15.5 Å². The van der Waals surface area contributed by atoms with Crippen LogP contribution in [0.3, 0.4) is 0 Å². The number of rotatable bonds is 3. The highest BCUT2D eigenvalue weighted by Crippen LogP contribution is 2.44. The van der Waals surface area contributed by atoms with Crippen molar-refractivity contribution in [3.05, 3.63) is 53.5 Å². The predicted octanol–water partition coefficient (Wildman–Crippen LogP) is 4.23. The van der Waals surface area contributed by atoms with Gasteiger partial charge in [0.15, 0.2) is 0 Å². The Kier molecular flexibility index (Phi) is 5.54. The van der Waals surface area contributed by atoms with E-state index in [9.17, 15) is 9.18 Å². The topological polar surface area (TPSA) is 57.3 Å². The Balaban J connectivity index is 1.75. The van der Waals surface area contributed by atoms with Gasteiger partial charge in [-0.15, -0.1) is 0 Å². The third kappa shape index (κ3) is 3.86. The first-order chi connectivity index (χ1) is 14.0. The highest BCUT2D eigenvalue weighted by molar-refractivity contribution is 5.94. The number of hydrogen-bond acceptors (Lipinski definition) is 4. The average molecular weight is 397 g/mol. The molecule has 29 heavy (non-hydrogen) atoms. The number of halogens is 1. The molecule has 3 heterocycles. The Morgan fingerprint density at radius 1 is 1.21 bits per heavy atom. The van der Waals surface area contributed by atoms with E-state index in [2.05, 4.69) is 47.7 Å². The zero-order valence-corrected chi connectivity index (χ0v) is 17.3. The molecule has 0 radical (unpaired) electrons. The monoisotopic (exact) mass is 396 g/mol. The molecule has 1 aromatic carbocycles. The van der Waals surface area contributed by atoms with Crippen LogP contribution in [-0.4, -0.2) is 30.0 Å². The molecule has 154 valence electrons. The predicted molar refractivity (Wildman–Crippen MR) is 114 cm³/mol. The van der Waals surface area contributed by atoms with Gasteiger partial charge in [0.25, 0.3) is 0 Å². The van der Waals surface area contributed by atoms with E-state index < -0.39 is 0 Å². The summed E-state index contributed by atoms with van der Waals surface area (Å²) in [7, 11) is 0. The molecule has 0 aliphatic carbocycles. The molecule has 1 fully saturated rings. The van der Waals surface area contributed by atoms with Crippen molar-refractivity contribution in [1.82, 2.24) is 10.3 Å². The van der Waals surface area contributed by atoms with Crippen molar-refractivity contribution >= 4 is 17.4 Å². The van der Waals surface area contributed by atoms with Gasteiger partial charge in [-0.05, 0) is 68.1 Å².